The van der Waals surface area contributed by atoms with Gasteiger partial charge < -0.3 is 26.0 Å². The number of anilines is 1. The Labute approximate surface area is 282 Å². The van der Waals surface area contributed by atoms with Gasteiger partial charge in [0.2, 0.25) is 11.8 Å². The molecule has 0 saturated heterocycles. The van der Waals surface area contributed by atoms with Gasteiger partial charge in [-0.2, -0.15) is 0 Å². The maximum atomic E-state index is 14.1. The average Bonchev–Trinajstić information content (AvgIpc) is 3.29. The summed E-state index contributed by atoms with van der Waals surface area (Å²) in [6, 6.07) is 21.1. The van der Waals surface area contributed by atoms with E-state index in [4.69, 9.17) is 0 Å². The summed E-state index contributed by atoms with van der Waals surface area (Å²) >= 11 is 5.45. The van der Waals surface area contributed by atoms with Gasteiger partial charge in [0.05, 0.1) is 17.5 Å². The van der Waals surface area contributed by atoms with Crippen LogP contribution in [0.5, 0.6) is 0 Å². The van der Waals surface area contributed by atoms with Gasteiger partial charge in [-0.05, 0) is 91.9 Å². The van der Waals surface area contributed by atoms with Crippen molar-refractivity contribution in [2.75, 3.05) is 18.0 Å². The van der Waals surface area contributed by atoms with Gasteiger partial charge in [0.1, 0.15) is 6.04 Å². The third-order valence-electron chi connectivity index (χ3n) is 8.15. The monoisotopic (exact) mass is 704 g/mol. The van der Waals surface area contributed by atoms with E-state index in [1.807, 2.05) is 75.4 Å². The number of aryl methyl sites for hydroxylation is 1. The molecule has 3 aromatic carbocycles. The second-order valence-corrected chi connectivity index (χ2v) is 14.3. The Morgan fingerprint density at radius 1 is 1.11 bits per heavy atom. The number of thiophene rings is 1. The minimum Gasteiger partial charge on any atom is -0.392 e. The Morgan fingerprint density at radius 3 is 2.61 bits per heavy atom. The zero-order valence-electron chi connectivity index (χ0n) is 26.7. The van der Waals surface area contributed by atoms with Crippen LogP contribution < -0.4 is 20.9 Å². The van der Waals surface area contributed by atoms with Crippen molar-refractivity contribution in [3.8, 4) is 10.4 Å². The molecular weight excluding hydrogens is 664 g/mol. The highest BCUT2D eigenvalue weighted by Crippen LogP contribution is 2.44. The zero-order valence-corrected chi connectivity index (χ0v) is 29.1. The molecule has 4 aromatic rings. The average molecular weight is 706 g/mol. The molecule has 0 unspecified atom stereocenters. The first kappa shape index (κ1) is 33.8. The molecule has 1 aliphatic heterocycles. The van der Waals surface area contributed by atoms with E-state index >= 15 is 0 Å². The van der Waals surface area contributed by atoms with Crippen LogP contribution in [0.4, 0.5) is 5.69 Å². The fourth-order valence-electron chi connectivity index (χ4n) is 5.85. The number of fused-ring (bicyclic) bond motifs is 2. The molecule has 46 heavy (non-hydrogen) atoms. The number of nitrogens with zero attached hydrogens (tertiary/aromatic N) is 1. The van der Waals surface area contributed by atoms with E-state index < -0.39 is 17.7 Å². The summed E-state index contributed by atoms with van der Waals surface area (Å²) in [6.07, 6.45) is 0.811. The number of amides is 3. The van der Waals surface area contributed by atoms with Crippen molar-refractivity contribution in [2.45, 2.75) is 71.2 Å². The van der Waals surface area contributed by atoms with Crippen LogP contribution in [-0.4, -0.2) is 53.6 Å². The van der Waals surface area contributed by atoms with Crippen LogP contribution in [0.1, 0.15) is 62.0 Å². The molecule has 0 radical (unpaired) electrons. The molecule has 0 saturated carbocycles. The number of rotatable bonds is 11. The topological polar surface area (TPSA) is 111 Å². The van der Waals surface area contributed by atoms with Gasteiger partial charge in [-0.25, -0.2) is 0 Å². The van der Waals surface area contributed by atoms with Crippen molar-refractivity contribution in [1.82, 2.24) is 16.0 Å². The third kappa shape index (κ3) is 7.69. The minimum atomic E-state index is -0.665. The summed E-state index contributed by atoms with van der Waals surface area (Å²) in [7, 11) is 0. The van der Waals surface area contributed by atoms with Crippen LogP contribution >= 0.6 is 27.3 Å². The Balaban J connectivity index is 1.42. The van der Waals surface area contributed by atoms with E-state index in [0.29, 0.717) is 38.0 Å². The van der Waals surface area contributed by atoms with E-state index in [-0.39, 0.29) is 24.1 Å². The van der Waals surface area contributed by atoms with Crippen LogP contribution in [0.15, 0.2) is 71.2 Å². The van der Waals surface area contributed by atoms with Crippen molar-refractivity contribution in [3.63, 3.8) is 0 Å². The van der Waals surface area contributed by atoms with Crippen LogP contribution in [0, 0.1) is 0 Å². The molecule has 2 atom stereocenters. The first-order chi connectivity index (χ1) is 22.0. The number of nitrogens with one attached hydrogen (secondary N) is 3. The van der Waals surface area contributed by atoms with Gasteiger partial charge in [0.15, 0.2) is 0 Å². The summed E-state index contributed by atoms with van der Waals surface area (Å²) in [5, 5.41) is 19.8. The van der Waals surface area contributed by atoms with Gasteiger partial charge in [-0.15, -0.1) is 11.3 Å². The Kier molecular flexibility index (Phi) is 10.6. The second kappa shape index (κ2) is 14.5. The molecule has 0 aliphatic carbocycles. The number of β-amino-alcohol motifs (C(OH)–C–C–N with tert-alkyl or cyclic N) is 1. The van der Waals surface area contributed by atoms with Gasteiger partial charge in [0, 0.05) is 56.4 Å². The molecule has 10 heteroatoms. The standard InChI is InChI=1S/C36H41BrN4O4S/c1-5-38-34(44)26-12-8-7-11-25(26)33-32(37)27-18-23(14-17-30(27)46-33)21-41-29-13-9-6-10-24(29)15-16-28(35(41)45)40-31(43)19-36(3,4)39-20-22(2)42/h6-14,17-18,22,28,39,42H,5,15-16,19-21H2,1-4H3,(H,38,44)(H,40,43)/t22-,28-/m1/s1. The number of para-hydroxylation sites is 1. The van der Waals surface area contributed by atoms with Crippen molar-refractivity contribution in [3.05, 3.63) is 87.9 Å². The SMILES string of the molecule is CCNC(=O)c1ccccc1-c1sc2ccc(CN3C(=O)[C@H](NC(=O)CC(C)(C)NC[C@@H](C)O)CCc4ccccc43)cc2c1Br. The predicted octanol–water partition coefficient (Wildman–Crippen LogP) is 6.18. The highest BCUT2D eigenvalue weighted by atomic mass is 79.9. The van der Waals surface area contributed by atoms with Crippen molar-refractivity contribution in [1.29, 1.82) is 0 Å². The quantitative estimate of drug-likeness (QED) is 0.149. The van der Waals surface area contributed by atoms with E-state index in [2.05, 4.69) is 44.0 Å². The fourth-order valence-corrected chi connectivity index (χ4v) is 7.88. The molecule has 3 amide bonds. The number of aliphatic hydroxyl groups is 1. The van der Waals surface area contributed by atoms with Gasteiger partial charge >= 0.3 is 0 Å². The number of carbonyl (C=O) groups excluding carboxylic acids is 3. The summed E-state index contributed by atoms with van der Waals surface area (Å²) in [5.74, 6) is -0.465. The Hall–Kier alpha value is -3.57. The summed E-state index contributed by atoms with van der Waals surface area (Å²) in [5.41, 5.74) is 3.81. The Bertz CT molecular complexity index is 1750. The van der Waals surface area contributed by atoms with Gasteiger partial charge in [-0.3, -0.25) is 14.4 Å². The summed E-state index contributed by atoms with van der Waals surface area (Å²) in [4.78, 5) is 42.9. The number of hydrogen-bond acceptors (Lipinski definition) is 6. The molecule has 2 heterocycles. The molecule has 1 aliphatic rings. The molecular formula is C36H41BrN4O4S. The van der Waals surface area contributed by atoms with Gasteiger partial charge in [0.25, 0.3) is 5.91 Å². The maximum Gasteiger partial charge on any atom is 0.251 e. The van der Waals surface area contributed by atoms with Crippen molar-refractivity contribution < 1.29 is 19.5 Å². The smallest absolute Gasteiger partial charge is 0.251 e. The van der Waals surface area contributed by atoms with Crippen molar-refractivity contribution in [2.24, 2.45) is 0 Å². The molecule has 0 bridgehead atoms. The lowest BCUT2D eigenvalue weighted by molar-refractivity contribution is -0.128. The summed E-state index contributed by atoms with van der Waals surface area (Å²) in [6.45, 7) is 8.68. The molecule has 242 valence electrons. The highest BCUT2D eigenvalue weighted by Gasteiger charge is 2.33. The zero-order chi connectivity index (χ0) is 33.0. The lowest BCUT2D eigenvalue weighted by atomic mass is 9.99. The summed E-state index contributed by atoms with van der Waals surface area (Å²) < 4.78 is 1.97. The molecule has 8 nitrogen and oxygen atoms in total. The molecule has 0 spiro atoms. The van der Waals surface area contributed by atoms with E-state index in [1.165, 1.54) is 0 Å². The van der Waals surface area contributed by atoms with Crippen LogP contribution in [0.25, 0.3) is 20.5 Å². The second-order valence-electron chi connectivity index (χ2n) is 12.5. The highest BCUT2D eigenvalue weighted by molar-refractivity contribution is 9.10. The maximum absolute atomic E-state index is 14.1. The largest absolute Gasteiger partial charge is 0.392 e. The lowest BCUT2D eigenvalue weighted by Crippen LogP contribution is -2.51. The molecule has 5 rings (SSSR count). The first-order valence-corrected chi connectivity index (χ1v) is 17.3. The van der Waals surface area contributed by atoms with Gasteiger partial charge in [-0.1, -0.05) is 42.5 Å². The number of carbonyl (C=O) groups is 3. The molecule has 0 fully saturated rings. The van der Waals surface area contributed by atoms with E-state index in [9.17, 15) is 19.5 Å². The number of benzene rings is 3. The fraction of sp³-hybridized carbons (Fsp3) is 0.361. The van der Waals surface area contributed by atoms with E-state index in [0.717, 1.165) is 41.8 Å². The number of halogens is 1. The van der Waals surface area contributed by atoms with Crippen LogP contribution in [0.3, 0.4) is 0 Å². The van der Waals surface area contributed by atoms with Crippen LogP contribution in [0.2, 0.25) is 0 Å². The van der Waals surface area contributed by atoms with Crippen LogP contribution in [-0.2, 0) is 22.6 Å². The Morgan fingerprint density at radius 2 is 1.85 bits per heavy atom. The number of hydrogen-bond donors (Lipinski definition) is 4. The lowest BCUT2D eigenvalue weighted by Gasteiger charge is -2.29. The predicted molar refractivity (Wildman–Crippen MR) is 189 cm³/mol. The first-order valence-electron chi connectivity index (χ1n) is 15.7. The van der Waals surface area contributed by atoms with Crippen molar-refractivity contribution >= 4 is 60.8 Å². The third-order valence-corrected chi connectivity index (χ3v) is 10.4. The molecule has 1 aromatic heterocycles. The normalized spacial score (nSPS) is 15.7. The number of aliphatic hydroxyl groups excluding tert-OH is 1. The van der Waals surface area contributed by atoms with E-state index in [1.54, 1.807) is 23.2 Å². The molecule has 4 N–H and O–H groups in total. The minimum absolute atomic E-state index is 0.109.